The highest BCUT2D eigenvalue weighted by Crippen LogP contribution is 2.29. The van der Waals surface area contributed by atoms with E-state index in [0.29, 0.717) is 23.4 Å². The average Bonchev–Trinajstić information content (AvgIpc) is 3.29. The fourth-order valence-corrected chi connectivity index (χ4v) is 4.25. The van der Waals surface area contributed by atoms with Gasteiger partial charge in [-0.15, -0.1) is 11.3 Å². The van der Waals surface area contributed by atoms with Crippen LogP contribution in [0.2, 0.25) is 0 Å². The number of aromatic amines is 1. The maximum absolute atomic E-state index is 12.6. The van der Waals surface area contributed by atoms with Crippen LogP contribution >= 0.6 is 11.3 Å². The van der Waals surface area contributed by atoms with Gasteiger partial charge in [0.2, 0.25) is 0 Å². The summed E-state index contributed by atoms with van der Waals surface area (Å²) in [6.07, 6.45) is 7.26. The van der Waals surface area contributed by atoms with Crippen LogP contribution in [0.25, 0.3) is 33.3 Å². The Hall–Kier alpha value is -3.95. The summed E-state index contributed by atoms with van der Waals surface area (Å²) in [5.74, 6) is 0.467. The molecule has 0 unspecified atom stereocenters. The standard InChI is InChI=1S/C23H19N7OS/c24-7-5-20-29-19(12-32-20)14-1-3-17(4-2-14)28-22-21-15(6-8-27-23(21)31)9-18(30-22)16-10-25-13-26-11-16/h1-4,6,8-13H,5,7,24H2,(H,27,31)(H,28,30). The van der Waals surface area contributed by atoms with Crippen molar-refractivity contribution in [1.82, 2.24) is 24.9 Å². The fraction of sp³-hybridized carbons (Fsp3) is 0.0870. The summed E-state index contributed by atoms with van der Waals surface area (Å²) in [7, 11) is 0. The molecule has 0 aliphatic heterocycles. The first-order valence-corrected chi connectivity index (χ1v) is 10.9. The highest BCUT2D eigenvalue weighted by molar-refractivity contribution is 7.09. The summed E-state index contributed by atoms with van der Waals surface area (Å²) >= 11 is 1.61. The van der Waals surface area contributed by atoms with Gasteiger partial charge in [-0.25, -0.2) is 19.9 Å². The number of rotatable bonds is 6. The lowest BCUT2D eigenvalue weighted by Crippen LogP contribution is -2.09. The molecule has 4 aromatic heterocycles. The zero-order valence-corrected chi connectivity index (χ0v) is 17.8. The molecular formula is C23H19N7OS. The maximum Gasteiger partial charge on any atom is 0.259 e. The number of nitrogens with two attached hydrogens (primary N) is 1. The lowest BCUT2D eigenvalue weighted by atomic mass is 10.1. The van der Waals surface area contributed by atoms with E-state index in [1.54, 1.807) is 29.9 Å². The predicted octanol–water partition coefficient (Wildman–Crippen LogP) is 3.75. The van der Waals surface area contributed by atoms with Crippen LogP contribution in [-0.2, 0) is 6.42 Å². The zero-order chi connectivity index (χ0) is 21.9. The smallest absolute Gasteiger partial charge is 0.259 e. The predicted molar refractivity (Wildman–Crippen MR) is 127 cm³/mol. The van der Waals surface area contributed by atoms with Gasteiger partial charge < -0.3 is 16.0 Å². The van der Waals surface area contributed by atoms with Crippen LogP contribution in [0.5, 0.6) is 0 Å². The van der Waals surface area contributed by atoms with Crippen molar-refractivity contribution in [1.29, 1.82) is 0 Å². The highest BCUT2D eigenvalue weighted by Gasteiger charge is 2.12. The first-order valence-electron chi connectivity index (χ1n) is 10.0. The molecule has 0 spiro atoms. The van der Waals surface area contributed by atoms with Crippen molar-refractivity contribution in [3.8, 4) is 22.5 Å². The van der Waals surface area contributed by atoms with Crippen molar-refractivity contribution in [3.63, 3.8) is 0 Å². The molecule has 0 fully saturated rings. The first-order chi connectivity index (χ1) is 15.7. The normalized spacial score (nSPS) is 11.0. The molecular weight excluding hydrogens is 422 g/mol. The third-order valence-corrected chi connectivity index (χ3v) is 5.87. The highest BCUT2D eigenvalue weighted by atomic mass is 32.1. The first kappa shape index (κ1) is 20.0. The number of benzene rings is 1. The van der Waals surface area contributed by atoms with E-state index in [9.17, 15) is 4.79 Å². The largest absolute Gasteiger partial charge is 0.340 e. The van der Waals surface area contributed by atoms with Crippen LogP contribution in [0, 0.1) is 0 Å². The topological polar surface area (TPSA) is 122 Å². The van der Waals surface area contributed by atoms with Gasteiger partial charge in [0.05, 0.1) is 21.8 Å². The minimum absolute atomic E-state index is 0.208. The van der Waals surface area contributed by atoms with Crippen molar-refractivity contribution in [2.75, 3.05) is 11.9 Å². The lowest BCUT2D eigenvalue weighted by molar-refractivity contribution is 0.954. The lowest BCUT2D eigenvalue weighted by Gasteiger charge is -2.11. The summed E-state index contributed by atoms with van der Waals surface area (Å²) in [4.78, 5) is 32.8. The Bertz CT molecular complexity index is 1430. The number of nitrogens with zero attached hydrogens (tertiary/aromatic N) is 4. The van der Waals surface area contributed by atoms with Gasteiger partial charge in [0.1, 0.15) is 12.1 Å². The average molecular weight is 442 g/mol. The van der Waals surface area contributed by atoms with Crippen LogP contribution in [0.1, 0.15) is 5.01 Å². The number of anilines is 2. The van der Waals surface area contributed by atoms with Gasteiger partial charge >= 0.3 is 0 Å². The number of pyridine rings is 2. The molecule has 9 heteroatoms. The summed E-state index contributed by atoms with van der Waals surface area (Å²) in [5.41, 5.74) is 9.61. The molecule has 0 aliphatic carbocycles. The van der Waals surface area contributed by atoms with E-state index < -0.39 is 0 Å². The molecule has 1 aromatic carbocycles. The van der Waals surface area contributed by atoms with Gasteiger partial charge in [-0.2, -0.15) is 0 Å². The van der Waals surface area contributed by atoms with E-state index in [0.717, 1.165) is 39.3 Å². The number of aromatic nitrogens is 5. The Kier molecular flexibility index (Phi) is 5.40. The minimum Gasteiger partial charge on any atom is -0.340 e. The number of H-pyrrole nitrogens is 1. The molecule has 5 rings (SSSR count). The molecule has 32 heavy (non-hydrogen) atoms. The monoisotopic (exact) mass is 441 g/mol. The Labute approximate surface area is 187 Å². The van der Waals surface area contributed by atoms with E-state index >= 15 is 0 Å². The molecule has 5 aromatic rings. The molecule has 4 N–H and O–H groups in total. The third kappa shape index (κ3) is 3.98. The number of nitrogens with one attached hydrogen (secondary N) is 2. The fourth-order valence-electron chi connectivity index (χ4n) is 3.43. The molecule has 0 amide bonds. The second kappa shape index (κ2) is 8.66. The second-order valence-electron chi connectivity index (χ2n) is 7.12. The quantitative estimate of drug-likeness (QED) is 0.367. The van der Waals surface area contributed by atoms with Gasteiger partial charge in [-0.05, 0) is 36.2 Å². The van der Waals surface area contributed by atoms with Crippen LogP contribution in [0.4, 0.5) is 11.5 Å². The van der Waals surface area contributed by atoms with Crippen molar-refractivity contribution >= 4 is 33.6 Å². The van der Waals surface area contributed by atoms with Gasteiger partial charge in [0.15, 0.2) is 0 Å². The summed E-state index contributed by atoms with van der Waals surface area (Å²) in [6.45, 7) is 0.587. The molecule has 0 atom stereocenters. The van der Waals surface area contributed by atoms with Crippen molar-refractivity contribution in [3.05, 3.63) is 82.1 Å². The van der Waals surface area contributed by atoms with Gasteiger partial charge in [0, 0.05) is 47.2 Å². The molecule has 0 saturated carbocycles. The van der Waals surface area contributed by atoms with E-state index in [4.69, 9.17) is 10.7 Å². The number of fused-ring (bicyclic) bond motifs is 1. The van der Waals surface area contributed by atoms with E-state index in [1.807, 2.05) is 41.8 Å². The summed E-state index contributed by atoms with van der Waals surface area (Å²) < 4.78 is 0. The summed E-state index contributed by atoms with van der Waals surface area (Å²) in [5, 5.41) is 7.62. The van der Waals surface area contributed by atoms with Gasteiger partial charge in [-0.1, -0.05) is 12.1 Å². The molecule has 0 radical (unpaired) electrons. The molecule has 0 saturated heterocycles. The number of thiazole rings is 1. The zero-order valence-electron chi connectivity index (χ0n) is 16.9. The van der Waals surface area contributed by atoms with Crippen molar-refractivity contribution in [2.45, 2.75) is 6.42 Å². The van der Waals surface area contributed by atoms with Gasteiger partial charge in [0.25, 0.3) is 5.56 Å². The Morgan fingerprint density at radius 3 is 2.59 bits per heavy atom. The molecule has 8 nitrogen and oxygen atoms in total. The van der Waals surface area contributed by atoms with Crippen LogP contribution in [-0.4, -0.2) is 31.5 Å². The van der Waals surface area contributed by atoms with E-state index in [1.165, 1.54) is 6.33 Å². The molecule has 0 bridgehead atoms. The number of hydrogen-bond acceptors (Lipinski definition) is 8. The van der Waals surface area contributed by atoms with Crippen LogP contribution in [0.3, 0.4) is 0 Å². The van der Waals surface area contributed by atoms with E-state index in [-0.39, 0.29) is 5.56 Å². The van der Waals surface area contributed by atoms with Crippen molar-refractivity contribution in [2.24, 2.45) is 5.73 Å². The van der Waals surface area contributed by atoms with Crippen LogP contribution < -0.4 is 16.6 Å². The summed E-state index contributed by atoms with van der Waals surface area (Å²) in [6, 6.07) is 11.6. The number of hydrogen-bond donors (Lipinski definition) is 3. The SMILES string of the molecule is NCCc1nc(-c2ccc(Nc3nc(-c4cncnc4)cc4cc[nH]c(=O)c34)cc2)cs1. The third-order valence-electron chi connectivity index (χ3n) is 4.96. The van der Waals surface area contributed by atoms with Crippen LogP contribution in [0.15, 0.2) is 71.5 Å². The maximum atomic E-state index is 12.6. The Morgan fingerprint density at radius 2 is 1.81 bits per heavy atom. The van der Waals surface area contributed by atoms with Gasteiger partial charge in [-0.3, -0.25) is 4.79 Å². The molecule has 0 aliphatic rings. The Balaban J connectivity index is 1.51. The molecule has 158 valence electrons. The van der Waals surface area contributed by atoms with E-state index in [2.05, 4.69) is 25.3 Å². The van der Waals surface area contributed by atoms with Crippen molar-refractivity contribution < 1.29 is 0 Å². The molecule has 4 heterocycles. The Morgan fingerprint density at radius 1 is 1.00 bits per heavy atom. The second-order valence-corrected chi connectivity index (χ2v) is 8.06. The minimum atomic E-state index is -0.208.